The summed E-state index contributed by atoms with van der Waals surface area (Å²) < 4.78 is 1.74. The first-order chi connectivity index (χ1) is 7.91. The minimum atomic E-state index is -0.840. The number of pyridine rings is 1. The molecule has 1 rings (SSSR count). The summed E-state index contributed by atoms with van der Waals surface area (Å²) in [6, 6.07) is 1.32. The molecule has 1 unspecified atom stereocenters. The van der Waals surface area contributed by atoms with E-state index in [0.717, 1.165) is 14.6 Å². The van der Waals surface area contributed by atoms with Crippen LogP contribution in [0.2, 0.25) is 0 Å². The van der Waals surface area contributed by atoms with Crippen molar-refractivity contribution in [1.82, 2.24) is 10.3 Å². The van der Waals surface area contributed by atoms with E-state index >= 15 is 0 Å². The standard InChI is InChI=1S/C11H14Br2N2O2/c1-6(2)10(11(16)17)15-5-9-8(13)3-7(12)4-14-9/h3-4,6,10,15H,5H2,1-2H3,(H,16,17). The number of halogens is 2. The molecule has 1 aromatic heterocycles. The Kier molecular flexibility index (Phi) is 5.55. The summed E-state index contributed by atoms with van der Waals surface area (Å²) in [6.07, 6.45) is 1.69. The number of carboxylic acids is 1. The number of hydrogen-bond donors (Lipinski definition) is 2. The fraction of sp³-hybridized carbons (Fsp3) is 0.455. The predicted molar refractivity (Wildman–Crippen MR) is 72.7 cm³/mol. The molecule has 0 aliphatic rings. The first kappa shape index (κ1) is 14.6. The van der Waals surface area contributed by atoms with E-state index in [2.05, 4.69) is 42.2 Å². The molecule has 1 heterocycles. The van der Waals surface area contributed by atoms with Crippen LogP contribution in [-0.2, 0) is 11.3 Å². The quantitative estimate of drug-likeness (QED) is 0.842. The fourth-order valence-electron chi connectivity index (χ4n) is 1.39. The van der Waals surface area contributed by atoms with E-state index in [-0.39, 0.29) is 5.92 Å². The molecule has 4 nitrogen and oxygen atoms in total. The second-order valence-corrected chi connectivity index (χ2v) is 5.79. The molecule has 0 aliphatic carbocycles. The lowest BCUT2D eigenvalue weighted by Crippen LogP contribution is -2.40. The monoisotopic (exact) mass is 364 g/mol. The number of aliphatic carboxylic acids is 1. The number of aromatic nitrogens is 1. The zero-order valence-electron chi connectivity index (χ0n) is 9.58. The Bertz CT molecular complexity index is 410. The van der Waals surface area contributed by atoms with E-state index in [1.54, 1.807) is 6.20 Å². The van der Waals surface area contributed by atoms with Crippen molar-refractivity contribution in [2.75, 3.05) is 0 Å². The van der Waals surface area contributed by atoms with Crippen molar-refractivity contribution in [2.24, 2.45) is 5.92 Å². The Morgan fingerprint density at radius 3 is 2.65 bits per heavy atom. The van der Waals surface area contributed by atoms with Crippen molar-refractivity contribution in [1.29, 1.82) is 0 Å². The molecule has 0 aromatic carbocycles. The summed E-state index contributed by atoms with van der Waals surface area (Å²) in [7, 11) is 0. The maximum absolute atomic E-state index is 11.0. The number of carboxylic acid groups (broad SMARTS) is 1. The van der Waals surface area contributed by atoms with Crippen LogP contribution in [-0.4, -0.2) is 22.1 Å². The van der Waals surface area contributed by atoms with Gasteiger partial charge >= 0.3 is 5.97 Å². The Labute approximate surface area is 117 Å². The van der Waals surface area contributed by atoms with Crippen LogP contribution in [0.4, 0.5) is 0 Å². The zero-order valence-corrected chi connectivity index (χ0v) is 12.7. The third-order valence-electron chi connectivity index (χ3n) is 2.31. The van der Waals surface area contributed by atoms with Gasteiger partial charge in [0.2, 0.25) is 0 Å². The van der Waals surface area contributed by atoms with Crippen molar-refractivity contribution in [3.05, 3.63) is 26.9 Å². The molecule has 1 atom stereocenters. The van der Waals surface area contributed by atoms with Crippen LogP contribution in [0.5, 0.6) is 0 Å². The fourth-order valence-corrected chi connectivity index (χ4v) is 2.52. The van der Waals surface area contributed by atoms with Gasteiger partial charge in [-0.05, 0) is 43.8 Å². The van der Waals surface area contributed by atoms with Crippen molar-refractivity contribution >= 4 is 37.8 Å². The molecule has 6 heteroatoms. The zero-order chi connectivity index (χ0) is 13.0. The maximum atomic E-state index is 11.0. The van der Waals surface area contributed by atoms with Crippen LogP contribution in [0.3, 0.4) is 0 Å². The normalized spacial score (nSPS) is 12.8. The van der Waals surface area contributed by atoms with Crippen LogP contribution in [0.15, 0.2) is 21.2 Å². The lowest BCUT2D eigenvalue weighted by Gasteiger charge is -2.17. The second-order valence-electron chi connectivity index (χ2n) is 4.02. The summed E-state index contributed by atoms with van der Waals surface area (Å²) in [5.41, 5.74) is 0.792. The molecule has 0 amide bonds. The number of hydrogen-bond acceptors (Lipinski definition) is 3. The van der Waals surface area contributed by atoms with Gasteiger partial charge in [-0.3, -0.25) is 15.1 Å². The molecule has 0 aliphatic heterocycles. The van der Waals surface area contributed by atoms with Crippen molar-refractivity contribution in [3.8, 4) is 0 Å². The third-order valence-corrected chi connectivity index (χ3v) is 3.43. The third kappa shape index (κ3) is 4.37. The van der Waals surface area contributed by atoms with Crippen molar-refractivity contribution in [3.63, 3.8) is 0 Å². The van der Waals surface area contributed by atoms with Gasteiger partial charge in [-0.2, -0.15) is 0 Å². The highest BCUT2D eigenvalue weighted by Crippen LogP contribution is 2.19. The predicted octanol–water partition coefficient (Wildman–Crippen LogP) is 2.81. The maximum Gasteiger partial charge on any atom is 0.320 e. The van der Waals surface area contributed by atoms with E-state index in [4.69, 9.17) is 5.11 Å². The van der Waals surface area contributed by atoms with Gasteiger partial charge in [0, 0.05) is 21.7 Å². The number of rotatable bonds is 5. The lowest BCUT2D eigenvalue weighted by molar-refractivity contribution is -0.140. The van der Waals surface area contributed by atoms with Gasteiger partial charge in [0.05, 0.1) is 5.69 Å². The van der Waals surface area contributed by atoms with Gasteiger partial charge in [0.25, 0.3) is 0 Å². The van der Waals surface area contributed by atoms with E-state index in [1.165, 1.54) is 0 Å². The summed E-state index contributed by atoms with van der Waals surface area (Å²) in [5, 5.41) is 12.0. The topological polar surface area (TPSA) is 62.2 Å². The molecular weight excluding hydrogens is 352 g/mol. The Morgan fingerprint density at radius 1 is 1.53 bits per heavy atom. The molecule has 2 N–H and O–H groups in total. The highest BCUT2D eigenvalue weighted by atomic mass is 79.9. The number of nitrogens with one attached hydrogen (secondary N) is 1. The highest BCUT2D eigenvalue weighted by molar-refractivity contribution is 9.11. The molecule has 0 bridgehead atoms. The minimum Gasteiger partial charge on any atom is -0.480 e. The van der Waals surface area contributed by atoms with Crippen LogP contribution in [0, 0.1) is 5.92 Å². The van der Waals surface area contributed by atoms with E-state index < -0.39 is 12.0 Å². The molecule has 17 heavy (non-hydrogen) atoms. The van der Waals surface area contributed by atoms with E-state index in [1.807, 2.05) is 19.9 Å². The molecule has 0 fully saturated rings. The summed E-state index contributed by atoms with van der Waals surface area (Å²) in [5.74, 6) is -0.810. The second kappa shape index (κ2) is 6.47. The largest absolute Gasteiger partial charge is 0.480 e. The SMILES string of the molecule is CC(C)C(NCc1ncc(Br)cc1Br)C(=O)O. The Balaban J connectivity index is 2.69. The van der Waals surface area contributed by atoms with E-state index in [0.29, 0.717) is 6.54 Å². The van der Waals surface area contributed by atoms with Crippen LogP contribution >= 0.6 is 31.9 Å². The van der Waals surface area contributed by atoms with Gasteiger partial charge < -0.3 is 5.11 Å². The molecular formula is C11H14Br2N2O2. The number of carbonyl (C=O) groups is 1. The smallest absolute Gasteiger partial charge is 0.320 e. The lowest BCUT2D eigenvalue weighted by atomic mass is 10.0. The van der Waals surface area contributed by atoms with Crippen LogP contribution in [0.25, 0.3) is 0 Å². The summed E-state index contributed by atoms with van der Waals surface area (Å²) in [6.45, 7) is 4.16. The van der Waals surface area contributed by atoms with Crippen molar-refractivity contribution < 1.29 is 9.90 Å². The molecule has 0 radical (unpaired) electrons. The van der Waals surface area contributed by atoms with Gasteiger partial charge in [-0.1, -0.05) is 13.8 Å². The van der Waals surface area contributed by atoms with Crippen LogP contribution < -0.4 is 5.32 Å². The van der Waals surface area contributed by atoms with Gasteiger partial charge in [-0.15, -0.1) is 0 Å². The molecule has 0 saturated heterocycles. The van der Waals surface area contributed by atoms with Gasteiger partial charge in [0.15, 0.2) is 0 Å². The Morgan fingerprint density at radius 2 is 2.18 bits per heavy atom. The molecule has 0 spiro atoms. The van der Waals surface area contributed by atoms with Crippen LogP contribution in [0.1, 0.15) is 19.5 Å². The van der Waals surface area contributed by atoms with E-state index in [9.17, 15) is 4.79 Å². The first-order valence-electron chi connectivity index (χ1n) is 5.18. The first-order valence-corrected chi connectivity index (χ1v) is 6.76. The highest BCUT2D eigenvalue weighted by Gasteiger charge is 2.20. The number of nitrogens with zero attached hydrogens (tertiary/aromatic N) is 1. The van der Waals surface area contributed by atoms with Gasteiger partial charge in [-0.25, -0.2) is 0 Å². The summed E-state index contributed by atoms with van der Waals surface area (Å²) >= 11 is 6.71. The Hall–Kier alpha value is -0.460. The summed E-state index contributed by atoms with van der Waals surface area (Å²) in [4.78, 5) is 15.2. The average Bonchev–Trinajstić information content (AvgIpc) is 2.20. The molecule has 1 aromatic rings. The molecule has 94 valence electrons. The minimum absolute atomic E-state index is 0.0294. The van der Waals surface area contributed by atoms with Gasteiger partial charge in [0.1, 0.15) is 6.04 Å². The molecule has 0 saturated carbocycles. The van der Waals surface area contributed by atoms with Crippen molar-refractivity contribution in [2.45, 2.75) is 26.4 Å². The average molecular weight is 366 g/mol.